The molecule has 0 atom stereocenters. The molecular weight excluding hydrogens is 294 g/mol. The second kappa shape index (κ2) is 6.66. The largest absolute Gasteiger partial charge is 0.464 e. The van der Waals surface area contributed by atoms with Crippen LogP contribution in [0.3, 0.4) is 0 Å². The molecule has 0 spiro atoms. The summed E-state index contributed by atoms with van der Waals surface area (Å²) in [6.45, 7) is 0. The molecule has 0 saturated carbocycles. The van der Waals surface area contributed by atoms with Gasteiger partial charge in [0.2, 0.25) is 0 Å². The van der Waals surface area contributed by atoms with Crippen molar-refractivity contribution in [1.29, 1.82) is 5.26 Å². The number of anilines is 1. The number of imidazole rings is 1. The number of aromatic nitrogens is 3. The molecule has 2 heterocycles. The first-order chi connectivity index (χ1) is 11.0. The molecule has 0 amide bonds. The van der Waals surface area contributed by atoms with Crippen molar-refractivity contribution in [1.82, 2.24) is 14.1 Å². The topological polar surface area (TPSA) is 98.9 Å². The predicted octanol–water partition coefficient (Wildman–Crippen LogP) is 1.84. The van der Waals surface area contributed by atoms with Gasteiger partial charge in [-0.2, -0.15) is 5.26 Å². The number of methoxy groups -OCH3 is 1. The Hall–Kier alpha value is -3.27. The number of rotatable bonds is 1. The molecule has 118 valence electrons. The first-order valence-electron chi connectivity index (χ1n) is 6.77. The molecule has 0 saturated heterocycles. The third kappa shape index (κ3) is 3.49. The number of nitrogens with two attached hydrogens (primary N) is 1. The van der Waals surface area contributed by atoms with Gasteiger partial charge in [-0.05, 0) is 18.2 Å². The first-order valence-corrected chi connectivity index (χ1v) is 6.77. The molecule has 0 unspecified atom stereocenters. The lowest BCUT2D eigenvalue weighted by atomic mass is 10.2. The highest BCUT2D eigenvalue weighted by atomic mass is 16.5. The third-order valence-electron chi connectivity index (χ3n) is 3.23. The lowest BCUT2D eigenvalue weighted by Gasteiger charge is -1.96. The van der Waals surface area contributed by atoms with Crippen molar-refractivity contribution in [3.05, 3.63) is 48.2 Å². The van der Waals surface area contributed by atoms with E-state index in [1.807, 2.05) is 36.0 Å². The van der Waals surface area contributed by atoms with Crippen molar-refractivity contribution in [3.8, 4) is 6.07 Å². The predicted molar refractivity (Wildman–Crippen MR) is 86.6 cm³/mol. The molecule has 7 nitrogen and oxygen atoms in total. The van der Waals surface area contributed by atoms with E-state index in [9.17, 15) is 4.79 Å². The Kier molecular flexibility index (Phi) is 4.66. The minimum absolute atomic E-state index is 0.338. The standard InChI is InChI=1S/C10H9N3.C6H8N2O2/c1-13-6-7(5-11)9-4-8(12)2-3-10(9)13;1-8-3-5(7-4-8)6(9)10-2/h2-4,6H,12H2,1H3;3-4H,1-2H3. The van der Waals surface area contributed by atoms with Gasteiger partial charge in [-0.15, -0.1) is 0 Å². The zero-order valence-electron chi connectivity index (χ0n) is 13.1. The number of ether oxygens (including phenoxy) is 1. The summed E-state index contributed by atoms with van der Waals surface area (Å²) in [4.78, 5) is 14.5. The van der Waals surface area contributed by atoms with Gasteiger partial charge in [-0.25, -0.2) is 9.78 Å². The van der Waals surface area contributed by atoms with Crippen LogP contribution in [0, 0.1) is 11.3 Å². The third-order valence-corrected chi connectivity index (χ3v) is 3.23. The van der Waals surface area contributed by atoms with E-state index in [0.29, 0.717) is 16.9 Å². The van der Waals surface area contributed by atoms with Crippen LogP contribution in [0.15, 0.2) is 36.9 Å². The number of nitriles is 1. The SMILES string of the molecule is COC(=O)c1cn(C)cn1.Cn1cc(C#N)c2cc(N)ccc21. The Morgan fingerprint density at radius 3 is 2.65 bits per heavy atom. The second-order valence-electron chi connectivity index (χ2n) is 4.96. The first kappa shape index (κ1) is 16.1. The van der Waals surface area contributed by atoms with Gasteiger partial charge >= 0.3 is 5.97 Å². The van der Waals surface area contributed by atoms with Crippen LogP contribution < -0.4 is 5.73 Å². The number of carbonyl (C=O) groups excluding carboxylic acids is 1. The average Bonchev–Trinajstić information content (AvgIpc) is 3.11. The highest BCUT2D eigenvalue weighted by Gasteiger charge is 2.06. The molecule has 3 rings (SSSR count). The quantitative estimate of drug-likeness (QED) is 0.546. The molecule has 2 aromatic heterocycles. The van der Waals surface area contributed by atoms with Crippen LogP contribution in [0.5, 0.6) is 0 Å². The van der Waals surface area contributed by atoms with Crippen LogP contribution in [0.1, 0.15) is 16.1 Å². The van der Waals surface area contributed by atoms with E-state index in [1.54, 1.807) is 24.1 Å². The van der Waals surface area contributed by atoms with Gasteiger partial charge in [-0.3, -0.25) is 0 Å². The number of benzene rings is 1. The van der Waals surface area contributed by atoms with Gasteiger partial charge < -0.3 is 19.6 Å². The van der Waals surface area contributed by atoms with Crippen molar-refractivity contribution < 1.29 is 9.53 Å². The van der Waals surface area contributed by atoms with Crippen LogP contribution in [0.2, 0.25) is 0 Å². The Balaban J connectivity index is 0.000000174. The highest BCUT2D eigenvalue weighted by molar-refractivity contribution is 5.88. The van der Waals surface area contributed by atoms with Gasteiger partial charge in [0, 0.05) is 43.1 Å². The Morgan fingerprint density at radius 2 is 2.09 bits per heavy atom. The molecule has 1 aromatic carbocycles. The monoisotopic (exact) mass is 311 g/mol. The van der Waals surface area contributed by atoms with Gasteiger partial charge in [0.05, 0.1) is 19.0 Å². The molecule has 7 heteroatoms. The maximum atomic E-state index is 10.7. The lowest BCUT2D eigenvalue weighted by molar-refractivity contribution is 0.0594. The molecule has 3 aromatic rings. The Morgan fingerprint density at radius 1 is 1.35 bits per heavy atom. The summed E-state index contributed by atoms with van der Waals surface area (Å²) in [5.41, 5.74) is 8.37. The smallest absolute Gasteiger partial charge is 0.358 e. The molecule has 0 bridgehead atoms. The number of hydrogen-bond donors (Lipinski definition) is 1. The van der Waals surface area contributed by atoms with E-state index in [4.69, 9.17) is 11.0 Å². The van der Waals surface area contributed by atoms with E-state index in [1.165, 1.54) is 7.11 Å². The molecule has 0 fully saturated rings. The van der Waals surface area contributed by atoms with Crippen LogP contribution in [0.4, 0.5) is 5.69 Å². The van der Waals surface area contributed by atoms with E-state index in [-0.39, 0.29) is 0 Å². The summed E-state index contributed by atoms with van der Waals surface area (Å²) in [5, 5.41) is 9.76. The van der Waals surface area contributed by atoms with Crippen LogP contribution in [-0.4, -0.2) is 27.2 Å². The number of esters is 1. The molecule has 0 radical (unpaired) electrons. The maximum Gasteiger partial charge on any atom is 0.358 e. The molecule has 0 aliphatic rings. The van der Waals surface area contributed by atoms with E-state index < -0.39 is 5.97 Å². The van der Waals surface area contributed by atoms with Gasteiger partial charge in [-0.1, -0.05) is 0 Å². The van der Waals surface area contributed by atoms with Crippen molar-refractivity contribution in [2.24, 2.45) is 14.1 Å². The molecule has 0 aliphatic carbocycles. The van der Waals surface area contributed by atoms with Gasteiger partial charge in [0.25, 0.3) is 0 Å². The van der Waals surface area contributed by atoms with Crippen LogP contribution in [0.25, 0.3) is 10.9 Å². The van der Waals surface area contributed by atoms with Crippen molar-refractivity contribution >= 4 is 22.6 Å². The fourth-order valence-electron chi connectivity index (χ4n) is 2.12. The van der Waals surface area contributed by atoms with Crippen LogP contribution >= 0.6 is 0 Å². The fraction of sp³-hybridized carbons (Fsp3) is 0.188. The number of carbonyl (C=O) groups is 1. The highest BCUT2D eigenvalue weighted by Crippen LogP contribution is 2.22. The summed E-state index contributed by atoms with van der Waals surface area (Å²) in [5.74, 6) is -0.402. The van der Waals surface area contributed by atoms with E-state index in [0.717, 1.165) is 10.9 Å². The summed E-state index contributed by atoms with van der Waals surface area (Å²) in [6, 6.07) is 7.73. The second-order valence-corrected chi connectivity index (χ2v) is 4.96. The number of hydrogen-bond acceptors (Lipinski definition) is 5. The van der Waals surface area contributed by atoms with Crippen molar-refractivity contribution in [2.75, 3.05) is 12.8 Å². The number of fused-ring (bicyclic) bond motifs is 1. The summed E-state index contributed by atoms with van der Waals surface area (Å²) >= 11 is 0. The average molecular weight is 311 g/mol. The zero-order chi connectivity index (χ0) is 17.0. The molecule has 23 heavy (non-hydrogen) atoms. The zero-order valence-corrected chi connectivity index (χ0v) is 13.1. The Labute approximate surface area is 133 Å². The van der Waals surface area contributed by atoms with Crippen LogP contribution in [-0.2, 0) is 18.8 Å². The number of aryl methyl sites for hydroxylation is 2. The van der Waals surface area contributed by atoms with Gasteiger partial charge in [0.15, 0.2) is 5.69 Å². The maximum absolute atomic E-state index is 10.7. The van der Waals surface area contributed by atoms with Crippen molar-refractivity contribution in [3.63, 3.8) is 0 Å². The van der Waals surface area contributed by atoms with E-state index >= 15 is 0 Å². The lowest BCUT2D eigenvalue weighted by Crippen LogP contribution is -2.00. The minimum atomic E-state index is -0.402. The molecule has 2 N–H and O–H groups in total. The molecule has 0 aliphatic heterocycles. The summed E-state index contributed by atoms with van der Waals surface area (Å²) in [7, 11) is 5.04. The molecular formula is C16H17N5O2. The minimum Gasteiger partial charge on any atom is -0.464 e. The Bertz CT molecular complexity index is 886. The van der Waals surface area contributed by atoms with Crippen molar-refractivity contribution in [2.45, 2.75) is 0 Å². The number of nitrogens with zero attached hydrogens (tertiary/aromatic N) is 4. The normalized spacial score (nSPS) is 9.83. The summed E-state index contributed by atoms with van der Waals surface area (Å²) < 4.78 is 8.05. The summed E-state index contributed by atoms with van der Waals surface area (Å²) in [6.07, 6.45) is 4.96. The number of nitrogen functional groups attached to an aromatic ring is 1. The fourth-order valence-corrected chi connectivity index (χ4v) is 2.12. The van der Waals surface area contributed by atoms with Gasteiger partial charge in [0.1, 0.15) is 6.07 Å². The van der Waals surface area contributed by atoms with E-state index in [2.05, 4.69) is 15.8 Å².